The van der Waals surface area contributed by atoms with E-state index in [9.17, 15) is 13.5 Å². The van der Waals surface area contributed by atoms with Gasteiger partial charge in [-0.1, -0.05) is 19.1 Å². The van der Waals surface area contributed by atoms with Crippen LogP contribution in [0.5, 0.6) is 0 Å². The minimum Gasteiger partial charge on any atom is -0.392 e. The van der Waals surface area contributed by atoms with E-state index in [1.807, 2.05) is 33.0 Å². The molecule has 108 valence electrons. The number of rotatable bonds is 6. The molecular weight excluding hydrogens is 262 g/mol. The lowest BCUT2D eigenvalue weighted by Gasteiger charge is -2.27. The van der Waals surface area contributed by atoms with Crippen molar-refractivity contribution in [2.45, 2.75) is 37.3 Å². The zero-order valence-electron chi connectivity index (χ0n) is 12.0. The van der Waals surface area contributed by atoms with E-state index >= 15 is 0 Å². The molecule has 1 N–H and O–H groups in total. The van der Waals surface area contributed by atoms with Gasteiger partial charge in [0.2, 0.25) is 0 Å². The van der Waals surface area contributed by atoms with Crippen molar-refractivity contribution < 1.29 is 13.5 Å². The van der Waals surface area contributed by atoms with Crippen LogP contribution in [0.1, 0.15) is 31.9 Å². The van der Waals surface area contributed by atoms with Gasteiger partial charge in [-0.15, -0.1) is 0 Å². The summed E-state index contributed by atoms with van der Waals surface area (Å²) >= 11 is 0. The van der Waals surface area contributed by atoms with Gasteiger partial charge < -0.3 is 5.11 Å². The van der Waals surface area contributed by atoms with Crippen LogP contribution in [0.2, 0.25) is 0 Å². The molecule has 5 heteroatoms. The molecule has 1 rings (SSSR count). The lowest BCUT2D eigenvalue weighted by atomic mass is 10.1. The van der Waals surface area contributed by atoms with Crippen LogP contribution in [0.3, 0.4) is 0 Å². The van der Waals surface area contributed by atoms with Crippen LogP contribution in [0.15, 0.2) is 29.2 Å². The number of aliphatic hydroxyl groups excluding tert-OH is 1. The number of hydrogen-bond donors (Lipinski definition) is 1. The maximum Gasteiger partial charge on any atom is 0.175 e. The van der Waals surface area contributed by atoms with Gasteiger partial charge in [0.05, 0.1) is 11.0 Å². The van der Waals surface area contributed by atoms with E-state index in [0.29, 0.717) is 11.4 Å². The predicted molar refractivity (Wildman–Crippen MR) is 76.9 cm³/mol. The molecule has 0 aliphatic heterocycles. The highest BCUT2D eigenvalue weighted by molar-refractivity contribution is 7.90. The zero-order valence-corrected chi connectivity index (χ0v) is 12.8. The SMILES string of the molecule is CCC(O)CN(C)C(C)c1ccc(S(C)(=O)=O)cc1. The molecule has 0 amide bonds. The standard InChI is InChI=1S/C14H23NO3S/c1-5-13(16)10-15(3)11(2)12-6-8-14(9-7-12)19(4,17)18/h6-9,11,13,16H,5,10H2,1-4H3. The number of likely N-dealkylation sites (N-methyl/N-ethyl adjacent to an activating group) is 1. The van der Waals surface area contributed by atoms with Gasteiger partial charge in [0, 0.05) is 18.8 Å². The van der Waals surface area contributed by atoms with Gasteiger partial charge in [-0.2, -0.15) is 0 Å². The van der Waals surface area contributed by atoms with Crippen LogP contribution < -0.4 is 0 Å². The Morgan fingerprint density at radius 2 is 1.79 bits per heavy atom. The number of sulfone groups is 1. The smallest absolute Gasteiger partial charge is 0.175 e. The Morgan fingerprint density at radius 1 is 1.26 bits per heavy atom. The molecule has 0 saturated carbocycles. The lowest BCUT2D eigenvalue weighted by molar-refractivity contribution is 0.105. The molecule has 4 nitrogen and oxygen atoms in total. The van der Waals surface area contributed by atoms with E-state index in [1.165, 1.54) is 6.26 Å². The first kappa shape index (κ1) is 16.1. The molecule has 1 aromatic rings. The van der Waals surface area contributed by atoms with E-state index in [1.54, 1.807) is 12.1 Å². The predicted octanol–water partition coefficient (Wildman–Crippen LogP) is 1.85. The molecule has 0 aromatic heterocycles. The van der Waals surface area contributed by atoms with E-state index < -0.39 is 9.84 Å². The van der Waals surface area contributed by atoms with Crippen LogP contribution in [-0.4, -0.2) is 44.4 Å². The molecule has 0 fully saturated rings. The minimum absolute atomic E-state index is 0.134. The summed E-state index contributed by atoms with van der Waals surface area (Å²) in [5.74, 6) is 0. The van der Waals surface area contributed by atoms with Crippen molar-refractivity contribution in [2.75, 3.05) is 19.8 Å². The first-order valence-corrected chi connectivity index (χ1v) is 8.33. The molecule has 0 spiro atoms. The summed E-state index contributed by atoms with van der Waals surface area (Å²) in [4.78, 5) is 2.39. The molecule has 19 heavy (non-hydrogen) atoms. The summed E-state index contributed by atoms with van der Waals surface area (Å²) in [7, 11) is -1.19. The summed E-state index contributed by atoms with van der Waals surface area (Å²) < 4.78 is 22.8. The Hall–Kier alpha value is -0.910. The van der Waals surface area contributed by atoms with Gasteiger partial charge in [0.1, 0.15) is 0 Å². The third-order valence-corrected chi connectivity index (χ3v) is 4.55. The molecule has 0 aliphatic carbocycles. The van der Waals surface area contributed by atoms with Crippen molar-refractivity contribution in [1.29, 1.82) is 0 Å². The van der Waals surface area contributed by atoms with Gasteiger partial charge >= 0.3 is 0 Å². The highest BCUT2D eigenvalue weighted by Crippen LogP contribution is 2.21. The average molecular weight is 285 g/mol. The Bertz CT molecular complexity index is 496. The molecule has 2 atom stereocenters. The molecule has 0 heterocycles. The largest absolute Gasteiger partial charge is 0.392 e. The quantitative estimate of drug-likeness (QED) is 0.866. The fraction of sp³-hybridized carbons (Fsp3) is 0.571. The Kier molecular flexibility index (Phi) is 5.52. The minimum atomic E-state index is -3.14. The molecular formula is C14H23NO3S. The summed E-state index contributed by atoms with van der Waals surface area (Å²) in [6, 6.07) is 7.05. The fourth-order valence-corrected chi connectivity index (χ4v) is 2.50. The van der Waals surface area contributed by atoms with Crippen LogP contribution in [0, 0.1) is 0 Å². The summed E-state index contributed by atoms with van der Waals surface area (Å²) in [5, 5.41) is 9.65. The van der Waals surface area contributed by atoms with Crippen molar-refractivity contribution in [1.82, 2.24) is 4.90 Å². The normalized spacial score (nSPS) is 15.5. The molecule has 0 saturated heterocycles. The molecule has 1 aromatic carbocycles. The van der Waals surface area contributed by atoms with Crippen LogP contribution in [-0.2, 0) is 9.84 Å². The first-order valence-electron chi connectivity index (χ1n) is 6.44. The zero-order chi connectivity index (χ0) is 14.6. The molecule has 0 radical (unpaired) electrons. The first-order chi connectivity index (χ1) is 8.75. The Morgan fingerprint density at radius 3 is 2.21 bits per heavy atom. The van der Waals surface area contributed by atoms with Gasteiger partial charge in [0.25, 0.3) is 0 Å². The third-order valence-electron chi connectivity index (χ3n) is 3.42. The maximum absolute atomic E-state index is 11.4. The van der Waals surface area contributed by atoms with E-state index in [2.05, 4.69) is 4.90 Å². The van der Waals surface area contributed by atoms with Gasteiger partial charge in [-0.3, -0.25) is 4.90 Å². The monoisotopic (exact) mass is 285 g/mol. The van der Waals surface area contributed by atoms with E-state index in [4.69, 9.17) is 0 Å². The van der Waals surface area contributed by atoms with E-state index in [0.717, 1.165) is 12.0 Å². The highest BCUT2D eigenvalue weighted by atomic mass is 32.2. The van der Waals surface area contributed by atoms with Crippen molar-refractivity contribution in [2.24, 2.45) is 0 Å². The van der Waals surface area contributed by atoms with E-state index in [-0.39, 0.29) is 12.1 Å². The fourth-order valence-electron chi connectivity index (χ4n) is 1.87. The van der Waals surface area contributed by atoms with Gasteiger partial charge in [-0.25, -0.2) is 8.42 Å². The highest BCUT2D eigenvalue weighted by Gasteiger charge is 2.15. The maximum atomic E-state index is 11.4. The number of nitrogens with zero attached hydrogens (tertiary/aromatic N) is 1. The van der Waals surface area contributed by atoms with Crippen LogP contribution in [0.4, 0.5) is 0 Å². The number of aliphatic hydroxyl groups is 1. The third kappa shape index (κ3) is 4.60. The molecule has 2 unspecified atom stereocenters. The topological polar surface area (TPSA) is 57.6 Å². The Balaban J connectivity index is 2.80. The van der Waals surface area contributed by atoms with Crippen molar-refractivity contribution >= 4 is 9.84 Å². The average Bonchev–Trinajstić information content (AvgIpc) is 2.36. The molecule has 0 aliphatic rings. The van der Waals surface area contributed by atoms with Crippen LogP contribution in [0.25, 0.3) is 0 Å². The number of hydrogen-bond acceptors (Lipinski definition) is 4. The molecule has 0 bridgehead atoms. The van der Waals surface area contributed by atoms with Crippen LogP contribution >= 0.6 is 0 Å². The summed E-state index contributed by atoms with van der Waals surface area (Å²) in [6.45, 7) is 4.59. The second-order valence-corrected chi connectivity index (χ2v) is 7.03. The van der Waals surface area contributed by atoms with Crippen molar-refractivity contribution in [3.63, 3.8) is 0 Å². The van der Waals surface area contributed by atoms with Gasteiger partial charge in [0.15, 0.2) is 9.84 Å². The summed E-state index contributed by atoms with van der Waals surface area (Å²) in [5.41, 5.74) is 1.04. The second kappa shape index (κ2) is 6.50. The second-order valence-electron chi connectivity index (χ2n) is 5.02. The Labute approximate surface area is 116 Å². The number of benzene rings is 1. The van der Waals surface area contributed by atoms with Crippen molar-refractivity contribution in [3.05, 3.63) is 29.8 Å². The lowest BCUT2D eigenvalue weighted by Crippen LogP contribution is -2.31. The van der Waals surface area contributed by atoms with Gasteiger partial charge in [-0.05, 0) is 38.1 Å². The summed E-state index contributed by atoms with van der Waals surface area (Å²) in [6.07, 6.45) is 1.60. The van der Waals surface area contributed by atoms with Crippen molar-refractivity contribution in [3.8, 4) is 0 Å².